The Hall–Kier alpha value is -1.10. The van der Waals surface area contributed by atoms with Gasteiger partial charge in [-0.25, -0.2) is 0 Å². The molecule has 0 saturated carbocycles. The molecule has 1 aromatic rings. The van der Waals surface area contributed by atoms with Crippen LogP contribution < -0.4 is 0 Å². The molecule has 0 unspecified atom stereocenters. The van der Waals surface area contributed by atoms with E-state index in [0.29, 0.717) is 24.7 Å². The van der Waals surface area contributed by atoms with E-state index in [1.54, 1.807) is 6.07 Å². The molecule has 1 heterocycles. The monoisotopic (exact) mass is 256 g/mol. The summed E-state index contributed by atoms with van der Waals surface area (Å²) in [4.78, 5) is 10.8. The lowest BCUT2D eigenvalue weighted by Crippen LogP contribution is -2.35. The van der Waals surface area contributed by atoms with E-state index in [1.165, 1.54) is 0 Å². The normalized spacial score (nSPS) is 18.2. The number of ether oxygens (including phenoxy) is 2. The van der Waals surface area contributed by atoms with Crippen LogP contribution in [0.3, 0.4) is 0 Å². The predicted molar refractivity (Wildman–Crippen MR) is 62.0 cm³/mol. The van der Waals surface area contributed by atoms with E-state index in [9.17, 15) is 4.79 Å². The van der Waals surface area contributed by atoms with Crippen LogP contribution in [0, 0.1) is 0 Å². The first-order chi connectivity index (χ1) is 8.11. The Morgan fingerprint density at radius 2 is 2.00 bits per heavy atom. The zero-order chi connectivity index (χ0) is 12.3. The van der Waals surface area contributed by atoms with Gasteiger partial charge in [0.05, 0.1) is 19.6 Å². The quantitative estimate of drug-likeness (QED) is 0.896. The molecule has 0 aromatic heterocycles. The highest BCUT2D eigenvalue weighted by molar-refractivity contribution is 6.31. The lowest BCUT2D eigenvalue weighted by atomic mass is 10.0. The van der Waals surface area contributed by atoms with Crippen molar-refractivity contribution < 1.29 is 19.4 Å². The van der Waals surface area contributed by atoms with Crippen molar-refractivity contribution in [2.24, 2.45) is 0 Å². The van der Waals surface area contributed by atoms with E-state index in [-0.39, 0.29) is 6.42 Å². The fourth-order valence-corrected chi connectivity index (χ4v) is 2.13. The smallest absolute Gasteiger partial charge is 0.308 e. The van der Waals surface area contributed by atoms with E-state index in [4.69, 9.17) is 26.2 Å². The van der Waals surface area contributed by atoms with Gasteiger partial charge >= 0.3 is 5.97 Å². The lowest BCUT2D eigenvalue weighted by Gasteiger charge is -2.26. The third-order valence-corrected chi connectivity index (χ3v) is 3.02. The van der Waals surface area contributed by atoms with Crippen LogP contribution in [0.1, 0.15) is 12.0 Å². The highest BCUT2D eigenvalue weighted by Crippen LogP contribution is 2.30. The van der Waals surface area contributed by atoms with Crippen LogP contribution in [0.5, 0.6) is 0 Å². The first-order valence-corrected chi connectivity index (χ1v) is 5.72. The molecule has 1 fully saturated rings. The second kappa shape index (κ2) is 5.04. The summed E-state index contributed by atoms with van der Waals surface area (Å²) >= 11 is 6.04. The lowest BCUT2D eigenvalue weighted by molar-refractivity contribution is -0.178. The molecule has 1 saturated heterocycles. The summed E-state index contributed by atoms with van der Waals surface area (Å²) in [5, 5.41) is 9.49. The van der Waals surface area contributed by atoms with E-state index in [1.807, 2.05) is 18.2 Å². The molecule has 1 aliphatic rings. The highest BCUT2D eigenvalue weighted by atomic mass is 35.5. The molecule has 0 aliphatic carbocycles. The van der Waals surface area contributed by atoms with Gasteiger partial charge in [-0.3, -0.25) is 4.79 Å². The second-order valence-electron chi connectivity index (χ2n) is 3.95. The van der Waals surface area contributed by atoms with Crippen LogP contribution in [0.2, 0.25) is 5.02 Å². The molecule has 0 spiro atoms. The van der Waals surface area contributed by atoms with Crippen LogP contribution in [0.15, 0.2) is 24.3 Å². The van der Waals surface area contributed by atoms with E-state index >= 15 is 0 Å². The topological polar surface area (TPSA) is 55.8 Å². The number of aliphatic carboxylic acids is 1. The van der Waals surface area contributed by atoms with Gasteiger partial charge in [0.25, 0.3) is 0 Å². The van der Waals surface area contributed by atoms with Crippen molar-refractivity contribution in [1.29, 1.82) is 0 Å². The minimum atomic E-state index is -1.07. The van der Waals surface area contributed by atoms with Crippen molar-refractivity contribution in [1.82, 2.24) is 0 Å². The summed E-state index contributed by atoms with van der Waals surface area (Å²) in [6.45, 7) is 0.829. The maximum atomic E-state index is 10.8. The molecule has 17 heavy (non-hydrogen) atoms. The molecule has 2 rings (SSSR count). The maximum Gasteiger partial charge on any atom is 0.308 e. The van der Waals surface area contributed by atoms with Gasteiger partial charge in [-0.2, -0.15) is 0 Å². The summed E-state index contributed by atoms with van der Waals surface area (Å²) in [7, 11) is 0. The standard InChI is InChI=1S/C12H13ClO4/c13-10-4-2-1-3-9(10)7-12(8-11(14)15)16-5-6-17-12/h1-4H,5-8H2,(H,14,15). The summed E-state index contributed by atoms with van der Waals surface area (Å²) in [6.07, 6.45) is 0.164. The number of carboxylic acids is 1. The van der Waals surface area contributed by atoms with E-state index in [0.717, 1.165) is 5.56 Å². The first kappa shape index (κ1) is 12.4. The maximum absolute atomic E-state index is 10.8. The van der Waals surface area contributed by atoms with Gasteiger partial charge in [0, 0.05) is 11.4 Å². The van der Waals surface area contributed by atoms with Crippen molar-refractivity contribution in [3.05, 3.63) is 34.9 Å². The Kier molecular flexibility index (Phi) is 3.66. The minimum Gasteiger partial charge on any atom is -0.481 e. The van der Waals surface area contributed by atoms with Crippen LogP contribution in [0.25, 0.3) is 0 Å². The van der Waals surface area contributed by atoms with Gasteiger partial charge in [0.2, 0.25) is 0 Å². The summed E-state index contributed by atoms with van der Waals surface area (Å²) in [5.41, 5.74) is 0.831. The molecule has 1 N–H and O–H groups in total. The predicted octanol–water partition coefficient (Wildman–Crippen LogP) is 2.10. The zero-order valence-corrected chi connectivity index (χ0v) is 9.94. The van der Waals surface area contributed by atoms with E-state index in [2.05, 4.69) is 0 Å². The van der Waals surface area contributed by atoms with Crippen LogP contribution in [-0.2, 0) is 20.7 Å². The van der Waals surface area contributed by atoms with Gasteiger partial charge in [-0.15, -0.1) is 0 Å². The minimum absolute atomic E-state index is 0.182. The van der Waals surface area contributed by atoms with Crippen LogP contribution in [0.4, 0.5) is 0 Å². The summed E-state index contributed by atoms with van der Waals surface area (Å²) in [5.74, 6) is -2.02. The second-order valence-corrected chi connectivity index (χ2v) is 4.35. The molecule has 4 nitrogen and oxygen atoms in total. The van der Waals surface area contributed by atoms with Gasteiger partial charge in [0.1, 0.15) is 0 Å². The number of rotatable bonds is 4. The molecule has 1 aliphatic heterocycles. The number of carboxylic acid groups (broad SMARTS) is 1. The Bertz CT molecular complexity index is 413. The number of hydrogen-bond donors (Lipinski definition) is 1. The van der Waals surface area contributed by atoms with Gasteiger partial charge in [-0.05, 0) is 11.6 Å². The summed E-state index contributed by atoms with van der Waals surface area (Å²) in [6, 6.07) is 7.29. The van der Waals surface area contributed by atoms with Crippen molar-refractivity contribution in [2.75, 3.05) is 13.2 Å². The first-order valence-electron chi connectivity index (χ1n) is 5.34. The largest absolute Gasteiger partial charge is 0.481 e. The highest BCUT2D eigenvalue weighted by Gasteiger charge is 2.39. The average molecular weight is 257 g/mol. The molecule has 1 aromatic carbocycles. The van der Waals surface area contributed by atoms with Crippen molar-refractivity contribution >= 4 is 17.6 Å². The fraction of sp³-hybridized carbons (Fsp3) is 0.417. The third kappa shape index (κ3) is 2.97. The van der Waals surface area contributed by atoms with Gasteiger partial charge in [0.15, 0.2) is 5.79 Å². The molecule has 5 heteroatoms. The molecular weight excluding hydrogens is 244 g/mol. The van der Waals surface area contributed by atoms with Crippen molar-refractivity contribution in [2.45, 2.75) is 18.6 Å². The van der Waals surface area contributed by atoms with Crippen LogP contribution >= 0.6 is 11.6 Å². The van der Waals surface area contributed by atoms with Crippen molar-refractivity contribution in [3.8, 4) is 0 Å². The SMILES string of the molecule is O=C(O)CC1(Cc2ccccc2Cl)OCCO1. The Labute approximate surface area is 104 Å². The average Bonchev–Trinajstić information content (AvgIpc) is 2.69. The summed E-state index contributed by atoms with van der Waals surface area (Å²) < 4.78 is 10.9. The number of carbonyl (C=O) groups is 1. The van der Waals surface area contributed by atoms with Gasteiger partial charge in [-0.1, -0.05) is 29.8 Å². The molecule has 0 radical (unpaired) electrons. The van der Waals surface area contributed by atoms with E-state index < -0.39 is 11.8 Å². The number of halogens is 1. The Morgan fingerprint density at radius 3 is 2.59 bits per heavy atom. The van der Waals surface area contributed by atoms with Crippen molar-refractivity contribution in [3.63, 3.8) is 0 Å². The number of benzene rings is 1. The third-order valence-electron chi connectivity index (χ3n) is 2.65. The zero-order valence-electron chi connectivity index (χ0n) is 9.19. The van der Waals surface area contributed by atoms with Gasteiger partial charge < -0.3 is 14.6 Å². The molecule has 0 bridgehead atoms. The Morgan fingerprint density at radius 1 is 1.35 bits per heavy atom. The fourth-order valence-electron chi connectivity index (χ4n) is 1.93. The molecule has 0 amide bonds. The molecule has 0 atom stereocenters. The molecule has 92 valence electrons. The Balaban J connectivity index is 2.18. The molecular formula is C12H13ClO4. The number of hydrogen-bond acceptors (Lipinski definition) is 3. The van der Waals surface area contributed by atoms with Crippen LogP contribution in [-0.4, -0.2) is 30.1 Å².